The third-order valence-corrected chi connectivity index (χ3v) is 3.74. The van der Waals surface area contributed by atoms with Crippen molar-refractivity contribution < 1.29 is 9.59 Å². The minimum Gasteiger partial charge on any atom is -0.381 e. The summed E-state index contributed by atoms with van der Waals surface area (Å²) in [7, 11) is 0. The average Bonchev–Trinajstić information content (AvgIpc) is 2.54. The Labute approximate surface area is 128 Å². The topological polar surface area (TPSA) is 49.4 Å². The molecule has 0 fully saturated rings. The van der Waals surface area contributed by atoms with Crippen molar-refractivity contribution >= 4 is 28.3 Å². The van der Waals surface area contributed by atoms with Crippen molar-refractivity contribution in [1.29, 1.82) is 0 Å². The van der Waals surface area contributed by atoms with E-state index in [1.54, 1.807) is 24.3 Å². The van der Waals surface area contributed by atoms with E-state index in [1.165, 1.54) is 4.90 Å². The van der Waals surface area contributed by atoms with Crippen LogP contribution in [-0.2, 0) is 0 Å². The lowest BCUT2D eigenvalue weighted by Crippen LogP contribution is -2.40. The van der Waals surface area contributed by atoms with E-state index in [1.807, 2.05) is 18.2 Å². The van der Waals surface area contributed by atoms with E-state index in [4.69, 9.17) is 0 Å². The van der Waals surface area contributed by atoms with Gasteiger partial charge >= 0.3 is 0 Å². The molecule has 0 saturated heterocycles. The second-order valence-corrected chi connectivity index (χ2v) is 5.07. The number of hydrogen-bond acceptors (Lipinski definition) is 3. The molecule has 0 bridgehead atoms. The van der Waals surface area contributed by atoms with E-state index >= 15 is 0 Å². The minimum atomic E-state index is -0.274. The number of carbonyl (C=O) groups is 2. The van der Waals surface area contributed by atoms with Gasteiger partial charge in [-0.25, -0.2) is 0 Å². The van der Waals surface area contributed by atoms with E-state index in [0.717, 1.165) is 11.1 Å². The lowest BCUT2D eigenvalue weighted by Gasteiger charge is -2.27. The first-order valence-electron chi connectivity index (χ1n) is 7.06. The average molecular weight is 292 g/mol. The van der Waals surface area contributed by atoms with Gasteiger partial charge in [-0.2, -0.15) is 0 Å². The maximum atomic E-state index is 12.5. The number of nitrogens with zero attached hydrogens (tertiary/aromatic N) is 1. The van der Waals surface area contributed by atoms with Crippen LogP contribution < -0.4 is 5.32 Å². The third-order valence-electron chi connectivity index (χ3n) is 3.74. The summed E-state index contributed by atoms with van der Waals surface area (Å²) in [6.45, 7) is 8.12. The molecule has 0 unspecified atom stereocenters. The highest BCUT2D eigenvalue weighted by molar-refractivity contribution is 6.26. The van der Waals surface area contributed by atoms with Gasteiger partial charge < -0.3 is 5.32 Å². The monoisotopic (exact) mass is 292 g/mol. The highest BCUT2D eigenvalue weighted by Gasteiger charge is 2.32. The van der Waals surface area contributed by atoms with Crippen LogP contribution in [0.4, 0.5) is 5.69 Å². The zero-order valence-electron chi connectivity index (χ0n) is 12.1. The van der Waals surface area contributed by atoms with Crippen molar-refractivity contribution in [2.75, 3.05) is 18.4 Å². The first-order valence-corrected chi connectivity index (χ1v) is 7.06. The lowest BCUT2D eigenvalue weighted by atomic mass is 9.93. The molecule has 4 heteroatoms. The summed E-state index contributed by atoms with van der Waals surface area (Å²) in [5, 5.41) is 4.82. The maximum absolute atomic E-state index is 12.5. The standard InChI is InChI=1S/C18H16N2O2/c1-3-10-19-15-9-8-14-16-12(15)6-5-7-13(16)17(21)20(11-4-2)18(14)22/h3-9,19H,1-2,10-11H2. The molecular weight excluding hydrogens is 276 g/mol. The summed E-state index contributed by atoms with van der Waals surface area (Å²) in [5.74, 6) is -0.548. The summed E-state index contributed by atoms with van der Waals surface area (Å²) in [5.41, 5.74) is 1.99. The number of carbonyl (C=O) groups excluding carboxylic acids is 2. The second kappa shape index (κ2) is 5.48. The number of hydrogen-bond donors (Lipinski definition) is 1. The van der Waals surface area contributed by atoms with Crippen LogP contribution in [-0.4, -0.2) is 29.8 Å². The zero-order valence-corrected chi connectivity index (χ0v) is 12.1. The Morgan fingerprint density at radius 3 is 2.41 bits per heavy atom. The fourth-order valence-electron chi connectivity index (χ4n) is 2.78. The molecule has 3 rings (SSSR count). The summed E-state index contributed by atoms with van der Waals surface area (Å²) in [6.07, 6.45) is 3.32. The number of imide groups is 1. The normalized spacial score (nSPS) is 13.4. The molecule has 1 heterocycles. The van der Waals surface area contributed by atoms with Gasteiger partial charge in [-0.05, 0) is 18.2 Å². The molecule has 0 radical (unpaired) electrons. The Hall–Kier alpha value is -2.88. The highest BCUT2D eigenvalue weighted by atomic mass is 16.2. The fraction of sp³-hybridized carbons (Fsp3) is 0.111. The molecule has 1 N–H and O–H groups in total. The molecule has 0 atom stereocenters. The number of benzene rings is 2. The number of nitrogens with one attached hydrogen (secondary N) is 1. The van der Waals surface area contributed by atoms with Gasteiger partial charge in [0.2, 0.25) is 0 Å². The number of anilines is 1. The number of rotatable bonds is 5. The van der Waals surface area contributed by atoms with Gasteiger partial charge in [-0.3, -0.25) is 14.5 Å². The van der Waals surface area contributed by atoms with E-state index in [0.29, 0.717) is 23.1 Å². The first-order chi connectivity index (χ1) is 10.7. The van der Waals surface area contributed by atoms with Crippen molar-refractivity contribution in [2.24, 2.45) is 0 Å². The Morgan fingerprint density at radius 1 is 1.00 bits per heavy atom. The van der Waals surface area contributed by atoms with Crippen LogP contribution in [0.3, 0.4) is 0 Å². The molecular formula is C18H16N2O2. The summed E-state index contributed by atoms with van der Waals surface area (Å²) in [4.78, 5) is 26.3. The molecule has 0 aromatic heterocycles. The van der Waals surface area contributed by atoms with Crippen LogP contribution in [0.1, 0.15) is 20.7 Å². The zero-order chi connectivity index (χ0) is 15.7. The molecule has 2 amide bonds. The van der Waals surface area contributed by atoms with Gasteiger partial charge in [-0.1, -0.05) is 24.3 Å². The van der Waals surface area contributed by atoms with Gasteiger partial charge in [0.15, 0.2) is 0 Å². The van der Waals surface area contributed by atoms with E-state index in [2.05, 4.69) is 18.5 Å². The molecule has 22 heavy (non-hydrogen) atoms. The molecule has 4 nitrogen and oxygen atoms in total. The van der Waals surface area contributed by atoms with Gasteiger partial charge in [0.1, 0.15) is 0 Å². The SMILES string of the molecule is C=CCNc1ccc2c3c(cccc13)C(=O)N(CC=C)C2=O. The lowest BCUT2D eigenvalue weighted by molar-refractivity contribution is 0.0629. The molecule has 1 aliphatic rings. The Morgan fingerprint density at radius 2 is 1.73 bits per heavy atom. The van der Waals surface area contributed by atoms with Crippen LogP contribution in [0.25, 0.3) is 10.8 Å². The quantitative estimate of drug-likeness (QED) is 0.680. The minimum absolute atomic E-state index is 0.212. The molecule has 0 spiro atoms. The largest absolute Gasteiger partial charge is 0.381 e. The maximum Gasteiger partial charge on any atom is 0.261 e. The van der Waals surface area contributed by atoms with Gasteiger partial charge in [0.05, 0.1) is 0 Å². The van der Waals surface area contributed by atoms with Gasteiger partial charge in [-0.15, -0.1) is 13.2 Å². The molecule has 2 aromatic rings. The van der Waals surface area contributed by atoms with Crippen LogP contribution in [0, 0.1) is 0 Å². The van der Waals surface area contributed by atoms with Crippen molar-refractivity contribution in [1.82, 2.24) is 4.90 Å². The van der Waals surface area contributed by atoms with E-state index in [-0.39, 0.29) is 18.4 Å². The molecule has 0 saturated carbocycles. The fourth-order valence-corrected chi connectivity index (χ4v) is 2.78. The van der Waals surface area contributed by atoms with E-state index < -0.39 is 0 Å². The van der Waals surface area contributed by atoms with Gasteiger partial charge in [0.25, 0.3) is 11.8 Å². The molecule has 2 aromatic carbocycles. The predicted octanol–water partition coefficient (Wildman–Crippen LogP) is 3.22. The Kier molecular flexibility index (Phi) is 3.51. The predicted molar refractivity (Wildman–Crippen MR) is 88.2 cm³/mol. The summed E-state index contributed by atoms with van der Waals surface area (Å²) >= 11 is 0. The van der Waals surface area contributed by atoms with Crippen molar-refractivity contribution in [2.45, 2.75) is 0 Å². The smallest absolute Gasteiger partial charge is 0.261 e. The van der Waals surface area contributed by atoms with Crippen LogP contribution >= 0.6 is 0 Å². The number of amides is 2. The third kappa shape index (κ3) is 2.00. The van der Waals surface area contributed by atoms with Crippen molar-refractivity contribution in [3.63, 3.8) is 0 Å². The van der Waals surface area contributed by atoms with Crippen LogP contribution in [0.15, 0.2) is 55.6 Å². The van der Waals surface area contributed by atoms with Crippen LogP contribution in [0.5, 0.6) is 0 Å². The highest BCUT2D eigenvalue weighted by Crippen LogP contribution is 2.34. The molecule has 0 aliphatic carbocycles. The second-order valence-electron chi connectivity index (χ2n) is 5.07. The van der Waals surface area contributed by atoms with Crippen molar-refractivity contribution in [3.05, 3.63) is 66.8 Å². The summed E-state index contributed by atoms with van der Waals surface area (Å²) in [6, 6.07) is 9.14. The Bertz CT molecular complexity index is 786. The van der Waals surface area contributed by atoms with Crippen molar-refractivity contribution in [3.8, 4) is 0 Å². The molecule has 1 aliphatic heterocycles. The molecule has 110 valence electrons. The van der Waals surface area contributed by atoms with Crippen LogP contribution in [0.2, 0.25) is 0 Å². The Balaban J connectivity index is 2.24. The summed E-state index contributed by atoms with van der Waals surface area (Å²) < 4.78 is 0. The van der Waals surface area contributed by atoms with E-state index in [9.17, 15) is 9.59 Å². The first kappa shape index (κ1) is 14.1. The van der Waals surface area contributed by atoms with Gasteiger partial charge in [0, 0.05) is 40.7 Å².